The molecule has 0 aliphatic carbocycles. The second-order valence-electron chi connectivity index (χ2n) is 5.97. The molecule has 2 aromatic rings. The molecule has 0 spiro atoms. The van der Waals surface area contributed by atoms with Crippen molar-refractivity contribution in [1.29, 1.82) is 0 Å². The van der Waals surface area contributed by atoms with Crippen LogP contribution in [0.4, 0.5) is 0 Å². The lowest BCUT2D eigenvalue weighted by Crippen LogP contribution is -2.30. The van der Waals surface area contributed by atoms with E-state index in [1.165, 1.54) is 16.7 Å². The summed E-state index contributed by atoms with van der Waals surface area (Å²) in [5.41, 5.74) is 3.02. The van der Waals surface area contributed by atoms with E-state index < -0.39 is 0 Å². The van der Waals surface area contributed by atoms with Gasteiger partial charge in [-0.2, -0.15) is 0 Å². The maximum atomic E-state index is 13.0. The molecule has 1 aliphatic rings. The summed E-state index contributed by atoms with van der Waals surface area (Å²) >= 11 is 7.12. The van der Waals surface area contributed by atoms with Crippen LogP contribution < -0.4 is 0 Å². The number of nitrogens with zero attached hydrogens (tertiary/aromatic N) is 1. The molecule has 0 fully saturated rings. The molecule has 0 saturated carbocycles. The average Bonchev–Trinajstić information content (AvgIpc) is 2.87. The third-order valence-corrected chi connectivity index (χ3v) is 5.36. The summed E-state index contributed by atoms with van der Waals surface area (Å²) in [6.07, 6.45) is 0. The number of rotatable bonds is 6. The number of halogens is 1. The summed E-state index contributed by atoms with van der Waals surface area (Å²) in [6, 6.07) is 14.6. The van der Waals surface area contributed by atoms with E-state index in [-0.39, 0.29) is 25.0 Å². The van der Waals surface area contributed by atoms with Gasteiger partial charge in [-0.3, -0.25) is 14.5 Å². The molecule has 2 aromatic carbocycles. The standard InChI is InChI=1S/C20H18ClNO3S/c1-13-2-6-15(7-3-13)17-18(26-11-10-23)20(25)22(19(17)24)12-14-4-8-16(21)9-5-14/h2-9,23H,10-12H2,1H3. The van der Waals surface area contributed by atoms with Crippen LogP contribution in [0.15, 0.2) is 53.4 Å². The molecule has 0 atom stereocenters. The Morgan fingerprint density at radius 1 is 1.00 bits per heavy atom. The van der Waals surface area contributed by atoms with Crippen LogP contribution >= 0.6 is 23.4 Å². The Hall–Kier alpha value is -2.08. The van der Waals surface area contributed by atoms with Crippen molar-refractivity contribution in [1.82, 2.24) is 4.90 Å². The third kappa shape index (κ3) is 3.85. The van der Waals surface area contributed by atoms with Gasteiger partial charge in [0, 0.05) is 10.8 Å². The van der Waals surface area contributed by atoms with Gasteiger partial charge in [-0.1, -0.05) is 53.6 Å². The van der Waals surface area contributed by atoms with Gasteiger partial charge in [-0.25, -0.2) is 0 Å². The lowest BCUT2D eigenvalue weighted by Gasteiger charge is -2.15. The van der Waals surface area contributed by atoms with Crippen molar-refractivity contribution in [3.63, 3.8) is 0 Å². The van der Waals surface area contributed by atoms with Gasteiger partial charge in [0.1, 0.15) is 0 Å². The monoisotopic (exact) mass is 387 g/mol. The summed E-state index contributed by atoms with van der Waals surface area (Å²) in [7, 11) is 0. The first-order valence-electron chi connectivity index (χ1n) is 8.17. The minimum absolute atomic E-state index is 0.0615. The number of aryl methyl sites for hydroxylation is 1. The number of imide groups is 1. The van der Waals surface area contributed by atoms with E-state index in [4.69, 9.17) is 16.7 Å². The molecular formula is C20H18ClNO3S. The molecule has 134 valence electrons. The Morgan fingerprint density at radius 3 is 2.27 bits per heavy atom. The lowest BCUT2D eigenvalue weighted by molar-refractivity contribution is -0.137. The Labute approximate surface area is 161 Å². The Bertz CT molecular complexity index is 860. The lowest BCUT2D eigenvalue weighted by atomic mass is 10.0. The van der Waals surface area contributed by atoms with Crippen molar-refractivity contribution in [3.05, 3.63) is 75.1 Å². The van der Waals surface area contributed by atoms with Gasteiger partial charge in [-0.15, -0.1) is 11.8 Å². The number of carbonyl (C=O) groups is 2. The summed E-state index contributed by atoms with van der Waals surface area (Å²) in [4.78, 5) is 27.5. The molecule has 6 heteroatoms. The van der Waals surface area contributed by atoms with Crippen molar-refractivity contribution in [2.24, 2.45) is 0 Å². The van der Waals surface area contributed by atoms with Crippen molar-refractivity contribution >= 4 is 40.8 Å². The Balaban J connectivity index is 1.94. The molecule has 26 heavy (non-hydrogen) atoms. The summed E-state index contributed by atoms with van der Waals surface area (Å²) < 4.78 is 0. The van der Waals surface area contributed by atoms with Gasteiger partial charge < -0.3 is 5.11 Å². The molecule has 0 bridgehead atoms. The van der Waals surface area contributed by atoms with Crippen LogP contribution in [-0.4, -0.2) is 34.2 Å². The molecular weight excluding hydrogens is 370 g/mol. The van der Waals surface area contributed by atoms with Crippen molar-refractivity contribution in [3.8, 4) is 0 Å². The minimum Gasteiger partial charge on any atom is -0.396 e. The number of aliphatic hydroxyl groups excluding tert-OH is 1. The maximum Gasteiger partial charge on any atom is 0.268 e. The van der Waals surface area contributed by atoms with E-state index in [2.05, 4.69) is 0 Å². The fourth-order valence-corrected chi connectivity index (χ4v) is 3.73. The molecule has 1 heterocycles. The minimum atomic E-state index is -0.320. The van der Waals surface area contributed by atoms with E-state index in [1.807, 2.05) is 31.2 Å². The second kappa shape index (κ2) is 8.08. The van der Waals surface area contributed by atoms with Crippen molar-refractivity contribution in [2.45, 2.75) is 13.5 Å². The number of aliphatic hydroxyl groups is 1. The van der Waals surface area contributed by atoms with Gasteiger partial charge in [0.15, 0.2) is 0 Å². The zero-order chi connectivity index (χ0) is 18.7. The topological polar surface area (TPSA) is 57.6 Å². The van der Waals surface area contributed by atoms with E-state index in [0.29, 0.717) is 26.8 Å². The highest BCUT2D eigenvalue weighted by Gasteiger charge is 2.38. The zero-order valence-corrected chi connectivity index (χ0v) is 15.8. The number of benzene rings is 2. The van der Waals surface area contributed by atoms with Crippen molar-refractivity contribution < 1.29 is 14.7 Å². The molecule has 1 aliphatic heterocycles. The molecule has 0 unspecified atom stereocenters. The molecule has 0 radical (unpaired) electrons. The molecule has 3 rings (SSSR count). The zero-order valence-electron chi connectivity index (χ0n) is 14.2. The van der Waals surface area contributed by atoms with Crippen LogP contribution in [0, 0.1) is 6.92 Å². The number of thioether (sulfide) groups is 1. The average molecular weight is 388 g/mol. The highest BCUT2D eigenvalue weighted by Crippen LogP contribution is 2.36. The second-order valence-corrected chi connectivity index (χ2v) is 7.51. The molecule has 0 aromatic heterocycles. The van der Waals surface area contributed by atoms with Gasteiger partial charge in [-0.05, 0) is 30.2 Å². The number of carbonyl (C=O) groups excluding carboxylic acids is 2. The molecule has 4 nitrogen and oxygen atoms in total. The SMILES string of the molecule is Cc1ccc(C2=C(SCCO)C(=O)N(Cc3ccc(Cl)cc3)C2=O)cc1. The van der Waals surface area contributed by atoms with E-state index in [0.717, 1.165) is 11.1 Å². The fraction of sp³-hybridized carbons (Fsp3) is 0.200. The van der Waals surface area contributed by atoms with E-state index in [1.54, 1.807) is 24.3 Å². The highest BCUT2D eigenvalue weighted by atomic mass is 35.5. The van der Waals surface area contributed by atoms with Crippen LogP contribution in [0.5, 0.6) is 0 Å². The van der Waals surface area contributed by atoms with Crippen LogP contribution in [0.25, 0.3) is 5.57 Å². The van der Waals surface area contributed by atoms with Crippen LogP contribution in [0.2, 0.25) is 5.02 Å². The summed E-state index contributed by atoms with van der Waals surface area (Å²) in [5.74, 6) is -0.272. The quantitative estimate of drug-likeness (QED) is 0.768. The number of amides is 2. The Morgan fingerprint density at radius 2 is 1.65 bits per heavy atom. The van der Waals surface area contributed by atoms with Gasteiger partial charge >= 0.3 is 0 Å². The number of hydrogen-bond acceptors (Lipinski definition) is 4. The first kappa shape index (κ1) is 18.7. The smallest absolute Gasteiger partial charge is 0.268 e. The molecule has 2 amide bonds. The third-order valence-electron chi connectivity index (χ3n) is 4.06. The van der Waals surface area contributed by atoms with E-state index in [9.17, 15) is 9.59 Å². The fourth-order valence-electron chi connectivity index (χ4n) is 2.73. The largest absolute Gasteiger partial charge is 0.396 e. The summed E-state index contributed by atoms with van der Waals surface area (Å²) in [5, 5.41) is 9.74. The predicted molar refractivity (Wildman–Crippen MR) is 105 cm³/mol. The molecule has 1 N–H and O–H groups in total. The highest BCUT2D eigenvalue weighted by molar-refractivity contribution is 8.04. The predicted octanol–water partition coefficient (Wildman–Crippen LogP) is 3.65. The first-order chi connectivity index (χ1) is 12.5. The van der Waals surface area contributed by atoms with Crippen LogP contribution in [0.1, 0.15) is 16.7 Å². The van der Waals surface area contributed by atoms with Crippen molar-refractivity contribution in [2.75, 3.05) is 12.4 Å². The van der Waals surface area contributed by atoms with E-state index >= 15 is 0 Å². The maximum absolute atomic E-state index is 13.0. The summed E-state index contributed by atoms with van der Waals surface area (Å²) in [6.45, 7) is 2.09. The molecule has 0 saturated heterocycles. The number of hydrogen-bond donors (Lipinski definition) is 1. The van der Waals surface area contributed by atoms with Gasteiger partial charge in [0.2, 0.25) is 0 Å². The van der Waals surface area contributed by atoms with Gasteiger partial charge in [0.25, 0.3) is 11.8 Å². The Kier molecular flexibility index (Phi) is 5.81. The van der Waals surface area contributed by atoms with Gasteiger partial charge in [0.05, 0.1) is 23.6 Å². The van der Waals surface area contributed by atoms with Crippen LogP contribution in [0.3, 0.4) is 0 Å². The first-order valence-corrected chi connectivity index (χ1v) is 9.53. The normalized spacial score (nSPS) is 14.5. The van der Waals surface area contributed by atoms with Crippen LogP contribution in [-0.2, 0) is 16.1 Å².